The van der Waals surface area contributed by atoms with Gasteiger partial charge in [0.05, 0.1) is 26.5 Å². The Hall–Kier alpha value is -3.04. The van der Waals surface area contributed by atoms with Crippen LogP contribution in [-0.2, 0) is 9.84 Å². The Morgan fingerprint density at radius 3 is 2.11 bits per heavy atom. The van der Waals surface area contributed by atoms with Crippen LogP contribution in [0.25, 0.3) is 0 Å². The van der Waals surface area contributed by atoms with Crippen molar-refractivity contribution in [2.75, 3.05) is 13.2 Å². The minimum atomic E-state index is -3.99. The largest absolute Gasteiger partial charge is 0.478 e. The van der Waals surface area contributed by atoms with E-state index in [1.54, 1.807) is 0 Å². The van der Waals surface area contributed by atoms with Crippen molar-refractivity contribution >= 4 is 27.6 Å². The number of carboxylic acid groups (broad SMARTS) is 1. The number of hydrogen-bond donors (Lipinski definition) is 2. The van der Waals surface area contributed by atoms with Crippen molar-refractivity contribution in [2.45, 2.75) is 16.2 Å². The first-order valence-corrected chi connectivity index (χ1v) is 9.45. The molecule has 1 aliphatic heterocycles. The molecule has 0 spiro atoms. The van der Waals surface area contributed by atoms with Gasteiger partial charge in [-0.1, -0.05) is 0 Å². The molecule has 0 saturated carbocycles. The lowest BCUT2D eigenvalue weighted by molar-refractivity contribution is 0.0642. The van der Waals surface area contributed by atoms with Crippen LogP contribution in [0, 0.1) is 0 Å². The molecular weight excluding hydrogens is 374 g/mol. The summed E-state index contributed by atoms with van der Waals surface area (Å²) in [6.07, 6.45) is 0.229. The number of hydrogen-bond acceptors (Lipinski definition) is 6. The van der Waals surface area contributed by atoms with E-state index in [1.807, 2.05) is 0 Å². The summed E-state index contributed by atoms with van der Waals surface area (Å²) in [6, 6.07) is 8.36. The first kappa shape index (κ1) is 18.7. The lowest BCUT2D eigenvalue weighted by Crippen LogP contribution is -2.31. The van der Waals surface area contributed by atoms with Crippen molar-refractivity contribution in [2.24, 2.45) is 0 Å². The lowest BCUT2D eigenvalue weighted by atomic mass is 10.1. The molecule has 8 nitrogen and oxygen atoms in total. The monoisotopic (exact) mass is 389 g/mol. The van der Waals surface area contributed by atoms with Gasteiger partial charge >= 0.3 is 5.97 Å². The summed E-state index contributed by atoms with van der Waals surface area (Å²) in [4.78, 5) is 36.2. The van der Waals surface area contributed by atoms with Gasteiger partial charge in [0.2, 0.25) is 9.84 Å². The molecule has 1 aliphatic rings. The SMILES string of the molecule is O=C(O)c1ccc(S(=O)(=O)c2ccc3c(c2)C(=O)N(CCCO)C3=O)cc1. The first-order valence-electron chi connectivity index (χ1n) is 7.97. The second kappa shape index (κ2) is 6.93. The molecule has 3 rings (SSSR count). The second-order valence-corrected chi connectivity index (χ2v) is 7.83. The summed E-state index contributed by atoms with van der Waals surface area (Å²) in [6.45, 7) is -0.138. The Morgan fingerprint density at radius 2 is 1.52 bits per heavy atom. The van der Waals surface area contributed by atoms with Crippen molar-refractivity contribution in [3.63, 3.8) is 0 Å². The van der Waals surface area contributed by atoms with E-state index in [0.29, 0.717) is 0 Å². The predicted octanol–water partition coefficient (Wildman–Crippen LogP) is 1.20. The zero-order valence-electron chi connectivity index (χ0n) is 14.0. The van der Waals surface area contributed by atoms with Gasteiger partial charge < -0.3 is 10.2 Å². The number of amides is 2. The van der Waals surface area contributed by atoms with Gasteiger partial charge in [0.15, 0.2) is 0 Å². The van der Waals surface area contributed by atoms with Crippen molar-refractivity contribution in [3.8, 4) is 0 Å². The van der Waals surface area contributed by atoms with Gasteiger partial charge in [-0.15, -0.1) is 0 Å². The number of benzene rings is 2. The highest BCUT2D eigenvalue weighted by molar-refractivity contribution is 7.91. The Kier molecular flexibility index (Phi) is 4.81. The third-order valence-corrected chi connectivity index (χ3v) is 5.97. The molecule has 2 N–H and O–H groups in total. The third-order valence-electron chi connectivity index (χ3n) is 4.20. The molecule has 0 atom stereocenters. The normalized spacial score (nSPS) is 13.7. The van der Waals surface area contributed by atoms with Crippen molar-refractivity contribution in [3.05, 3.63) is 59.2 Å². The number of carbonyl (C=O) groups is 3. The molecular formula is C18H15NO7S. The first-order chi connectivity index (χ1) is 12.8. The van der Waals surface area contributed by atoms with Crippen LogP contribution in [0.2, 0.25) is 0 Å². The number of carboxylic acids is 1. The minimum Gasteiger partial charge on any atom is -0.478 e. The fourth-order valence-electron chi connectivity index (χ4n) is 2.78. The standard InChI is InChI=1S/C18H15NO7S/c20-9-1-8-19-16(21)14-7-6-13(10-15(14)17(19)22)27(25,26)12-4-2-11(3-5-12)18(23)24/h2-7,10,20H,1,8-9H2,(H,23,24). The average Bonchev–Trinajstić information content (AvgIpc) is 2.90. The number of aromatic carboxylic acids is 1. The number of aliphatic hydroxyl groups is 1. The predicted molar refractivity (Wildman–Crippen MR) is 92.4 cm³/mol. The quantitative estimate of drug-likeness (QED) is 0.710. The number of sulfone groups is 1. The lowest BCUT2D eigenvalue weighted by Gasteiger charge is -2.12. The van der Waals surface area contributed by atoms with Crippen molar-refractivity contribution in [1.82, 2.24) is 4.90 Å². The van der Waals surface area contributed by atoms with Gasteiger partial charge in [-0.05, 0) is 48.9 Å². The van der Waals surface area contributed by atoms with Crippen LogP contribution in [0.3, 0.4) is 0 Å². The Morgan fingerprint density at radius 1 is 0.926 bits per heavy atom. The number of imide groups is 1. The molecule has 2 aromatic rings. The molecule has 0 aromatic heterocycles. The van der Waals surface area contributed by atoms with Crippen LogP contribution in [0.15, 0.2) is 52.3 Å². The van der Waals surface area contributed by atoms with Gasteiger partial charge in [-0.2, -0.15) is 0 Å². The van der Waals surface area contributed by atoms with E-state index in [4.69, 9.17) is 10.2 Å². The molecule has 0 unspecified atom stereocenters. The third kappa shape index (κ3) is 3.22. The van der Waals surface area contributed by atoms with E-state index in [9.17, 15) is 22.8 Å². The molecule has 0 bridgehead atoms. The van der Waals surface area contributed by atoms with E-state index in [2.05, 4.69) is 0 Å². The molecule has 140 valence electrons. The fraction of sp³-hybridized carbons (Fsp3) is 0.167. The molecule has 9 heteroatoms. The maximum atomic E-state index is 12.8. The molecule has 0 saturated heterocycles. The topological polar surface area (TPSA) is 129 Å². The van der Waals surface area contributed by atoms with Crippen molar-refractivity contribution in [1.29, 1.82) is 0 Å². The van der Waals surface area contributed by atoms with E-state index < -0.39 is 27.6 Å². The van der Waals surface area contributed by atoms with Gasteiger partial charge in [0, 0.05) is 13.2 Å². The van der Waals surface area contributed by atoms with Crippen LogP contribution >= 0.6 is 0 Å². The molecule has 27 heavy (non-hydrogen) atoms. The zero-order valence-corrected chi connectivity index (χ0v) is 14.8. The number of fused-ring (bicyclic) bond motifs is 1. The summed E-state index contributed by atoms with van der Waals surface area (Å²) >= 11 is 0. The Labute approximate surface area is 154 Å². The fourth-order valence-corrected chi connectivity index (χ4v) is 4.07. The maximum absolute atomic E-state index is 12.8. The highest BCUT2D eigenvalue weighted by atomic mass is 32.2. The molecule has 0 aliphatic carbocycles. The van der Waals surface area contributed by atoms with Gasteiger partial charge in [0.1, 0.15) is 0 Å². The van der Waals surface area contributed by atoms with E-state index in [1.165, 1.54) is 36.4 Å². The van der Waals surface area contributed by atoms with Gasteiger partial charge in [0.25, 0.3) is 11.8 Å². The molecule has 0 radical (unpaired) electrons. The molecule has 2 amide bonds. The molecule has 0 fully saturated rings. The second-order valence-electron chi connectivity index (χ2n) is 5.88. The van der Waals surface area contributed by atoms with Gasteiger partial charge in [-0.25, -0.2) is 13.2 Å². The van der Waals surface area contributed by atoms with E-state index in [0.717, 1.165) is 11.0 Å². The van der Waals surface area contributed by atoms with Crippen LogP contribution in [-0.4, -0.2) is 54.5 Å². The van der Waals surface area contributed by atoms with Crippen molar-refractivity contribution < 1.29 is 33.0 Å². The highest BCUT2D eigenvalue weighted by Gasteiger charge is 2.36. The summed E-state index contributed by atoms with van der Waals surface area (Å²) in [5.74, 6) is -2.32. The summed E-state index contributed by atoms with van der Waals surface area (Å²) in [5.41, 5.74) is 0.0440. The zero-order chi connectivity index (χ0) is 19.8. The Balaban J connectivity index is 1.98. The van der Waals surface area contributed by atoms with Crippen LogP contribution in [0.4, 0.5) is 0 Å². The molecule has 1 heterocycles. The highest BCUT2D eigenvalue weighted by Crippen LogP contribution is 2.28. The number of nitrogens with zero attached hydrogens (tertiary/aromatic N) is 1. The minimum absolute atomic E-state index is 0.0128. The molecule has 2 aromatic carbocycles. The average molecular weight is 389 g/mol. The van der Waals surface area contributed by atoms with Crippen LogP contribution < -0.4 is 0 Å². The maximum Gasteiger partial charge on any atom is 0.335 e. The Bertz CT molecular complexity index is 1040. The number of rotatable bonds is 6. The summed E-state index contributed by atoms with van der Waals surface area (Å²) in [5, 5.41) is 17.8. The van der Waals surface area contributed by atoms with E-state index in [-0.39, 0.29) is 46.1 Å². The van der Waals surface area contributed by atoms with Gasteiger partial charge in [-0.3, -0.25) is 14.5 Å². The number of carbonyl (C=O) groups excluding carboxylic acids is 2. The summed E-state index contributed by atoms with van der Waals surface area (Å²) < 4.78 is 25.5. The van der Waals surface area contributed by atoms with Crippen LogP contribution in [0.1, 0.15) is 37.5 Å². The number of aliphatic hydroxyl groups excluding tert-OH is 1. The van der Waals surface area contributed by atoms with Crippen LogP contribution in [0.5, 0.6) is 0 Å². The smallest absolute Gasteiger partial charge is 0.335 e. The van der Waals surface area contributed by atoms with E-state index >= 15 is 0 Å². The summed E-state index contributed by atoms with van der Waals surface area (Å²) in [7, 11) is -3.99.